The van der Waals surface area contributed by atoms with Crippen molar-refractivity contribution in [1.82, 2.24) is 0 Å². The number of methoxy groups -OCH3 is 1. The molecule has 1 unspecified atom stereocenters. The number of carbonyl (C=O) groups excluding carboxylic acids is 1. The molecular formula is C11H15Cl2NO3. The maximum Gasteiger partial charge on any atom is 0.322 e. The van der Waals surface area contributed by atoms with Gasteiger partial charge in [0.25, 0.3) is 0 Å². The number of phenolic OH excluding ortho intramolecular Hbond substituents is 1. The second kappa shape index (κ2) is 6.69. The predicted octanol–water partition coefficient (Wildman–Crippen LogP) is 1.82. The number of esters is 1. The Morgan fingerprint density at radius 2 is 2.18 bits per heavy atom. The summed E-state index contributed by atoms with van der Waals surface area (Å²) in [6.45, 7) is 1.73. The van der Waals surface area contributed by atoms with Gasteiger partial charge in [0.15, 0.2) is 0 Å². The number of rotatable bonds is 3. The van der Waals surface area contributed by atoms with Crippen LogP contribution in [0.5, 0.6) is 5.75 Å². The second-order valence-corrected chi connectivity index (χ2v) is 3.98. The Morgan fingerprint density at radius 3 is 2.65 bits per heavy atom. The third-order valence-corrected chi connectivity index (χ3v) is 2.56. The molecule has 1 aromatic rings. The van der Waals surface area contributed by atoms with Gasteiger partial charge < -0.3 is 15.6 Å². The summed E-state index contributed by atoms with van der Waals surface area (Å²) in [5.74, 6) is -0.418. The molecule has 1 atom stereocenters. The van der Waals surface area contributed by atoms with Crippen LogP contribution in [0.1, 0.15) is 11.1 Å². The smallest absolute Gasteiger partial charge is 0.322 e. The Hall–Kier alpha value is -0.970. The molecule has 0 saturated heterocycles. The first-order valence-electron chi connectivity index (χ1n) is 4.77. The fraction of sp³-hybridized carbons (Fsp3) is 0.364. The minimum absolute atomic E-state index is 0. The Kier molecular flexibility index (Phi) is 6.31. The average Bonchev–Trinajstić information content (AvgIpc) is 2.24. The van der Waals surface area contributed by atoms with Crippen molar-refractivity contribution in [3.8, 4) is 5.75 Å². The second-order valence-electron chi connectivity index (χ2n) is 3.58. The lowest BCUT2D eigenvalue weighted by atomic mass is 10.0. The molecule has 0 aromatic heterocycles. The molecule has 4 nitrogen and oxygen atoms in total. The van der Waals surface area contributed by atoms with E-state index in [1.807, 2.05) is 0 Å². The number of hydrogen-bond acceptors (Lipinski definition) is 4. The van der Waals surface area contributed by atoms with E-state index in [2.05, 4.69) is 4.74 Å². The van der Waals surface area contributed by atoms with Gasteiger partial charge in [-0.3, -0.25) is 4.79 Å². The number of hydrogen-bond donors (Lipinski definition) is 2. The monoisotopic (exact) mass is 279 g/mol. The SMILES string of the molecule is COC(=O)C(N)Cc1cc(C)c(O)c(Cl)c1.Cl. The molecule has 0 radical (unpaired) electrons. The number of aromatic hydroxyl groups is 1. The van der Waals surface area contributed by atoms with Crippen molar-refractivity contribution >= 4 is 30.0 Å². The lowest BCUT2D eigenvalue weighted by Crippen LogP contribution is -2.33. The van der Waals surface area contributed by atoms with Crippen molar-refractivity contribution in [2.24, 2.45) is 5.73 Å². The standard InChI is InChI=1S/C11H14ClNO3.ClH/c1-6-3-7(4-8(12)10(6)14)5-9(13)11(15)16-2;/h3-4,9,14H,5,13H2,1-2H3;1H. The maximum atomic E-state index is 11.1. The number of ether oxygens (including phenoxy) is 1. The topological polar surface area (TPSA) is 72.5 Å². The molecule has 0 saturated carbocycles. The molecule has 0 aliphatic heterocycles. The van der Waals surface area contributed by atoms with Crippen LogP contribution in [-0.4, -0.2) is 24.2 Å². The maximum absolute atomic E-state index is 11.1. The Bertz CT molecular complexity index is 387. The average molecular weight is 280 g/mol. The summed E-state index contributed by atoms with van der Waals surface area (Å²) in [7, 11) is 1.29. The zero-order valence-corrected chi connectivity index (χ0v) is 11.1. The highest BCUT2D eigenvalue weighted by Crippen LogP contribution is 2.28. The highest BCUT2D eigenvalue weighted by molar-refractivity contribution is 6.32. The molecule has 0 spiro atoms. The quantitative estimate of drug-likeness (QED) is 0.828. The molecule has 0 fully saturated rings. The summed E-state index contributed by atoms with van der Waals surface area (Å²) in [5.41, 5.74) is 7.06. The van der Waals surface area contributed by atoms with E-state index < -0.39 is 12.0 Å². The molecule has 6 heteroatoms. The molecule has 1 aromatic carbocycles. The van der Waals surface area contributed by atoms with Gasteiger partial charge in [-0.15, -0.1) is 12.4 Å². The van der Waals surface area contributed by atoms with Gasteiger partial charge in [0.05, 0.1) is 12.1 Å². The summed E-state index contributed by atoms with van der Waals surface area (Å²) < 4.78 is 4.52. The lowest BCUT2D eigenvalue weighted by molar-refractivity contribution is -0.142. The number of phenols is 1. The van der Waals surface area contributed by atoms with Crippen LogP contribution in [0.4, 0.5) is 0 Å². The van der Waals surface area contributed by atoms with Gasteiger partial charge in [0, 0.05) is 0 Å². The highest BCUT2D eigenvalue weighted by atomic mass is 35.5. The zero-order chi connectivity index (χ0) is 12.3. The van der Waals surface area contributed by atoms with Gasteiger partial charge in [-0.2, -0.15) is 0 Å². The molecule has 17 heavy (non-hydrogen) atoms. The summed E-state index contributed by atoms with van der Waals surface area (Å²) in [5, 5.41) is 9.72. The normalized spacial score (nSPS) is 11.5. The van der Waals surface area contributed by atoms with Gasteiger partial charge in [0.2, 0.25) is 0 Å². The minimum Gasteiger partial charge on any atom is -0.506 e. The van der Waals surface area contributed by atoms with E-state index in [1.54, 1.807) is 19.1 Å². The Morgan fingerprint density at radius 1 is 1.59 bits per heavy atom. The van der Waals surface area contributed by atoms with E-state index >= 15 is 0 Å². The Balaban J connectivity index is 0.00000256. The number of aryl methyl sites for hydroxylation is 1. The fourth-order valence-corrected chi connectivity index (χ4v) is 1.70. The van der Waals surface area contributed by atoms with Crippen LogP contribution >= 0.6 is 24.0 Å². The van der Waals surface area contributed by atoms with E-state index in [4.69, 9.17) is 17.3 Å². The van der Waals surface area contributed by atoms with Crippen LogP contribution in [0.2, 0.25) is 5.02 Å². The van der Waals surface area contributed by atoms with E-state index in [9.17, 15) is 9.90 Å². The highest BCUT2D eigenvalue weighted by Gasteiger charge is 2.15. The van der Waals surface area contributed by atoms with Crippen LogP contribution in [-0.2, 0) is 16.0 Å². The van der Waals surface area contributed by atoms with E-state index in [1.165, 1.54) is 7.11 Å². The third kappa shape index (κ3) is 4.07. The van der Waals surface area contributed by atoms with Gasteiger partial charge in [-0.25, -0.2) is 0 Å². The number of carbonyl (C=O) groups is 1. The van der Waals surface area contributed by atoms with E-state index in [-0.39, 0.29) is 23.2 Å². The molecule has 96 valence electrons. The van der Waals surface area contributed by atoms with Crippen molar-refractivity contribution in [2.45, 2.75) is 19.4 Å². The molecule has 1 rings (SSSR count). The first kappa shape index (κ1) is 16.0. The first-order valence-corrected chi connectivity index (χ1v) is 5.15. The molecule has 0 aliphatic carbocycles. The van der Waals surface area contributed by atoms with Crippen molar-refractivity contribution in [1.29, 1.82) is 0 Å². The van der Waals surface area contributed by atoms with Gasteiger partial charge in [0.1, 0.15) is 11.8 Å². The minimum atomic E-state index is -0.718. The van der Waals surface area contributed by atoms with Crippen molar-refractivity contribution in [3.63, 3.8) is 0 Å². The molecule has 0 amide bonds. The van der Waals surface area contributed by atoms with Crippen LogP contribution in [0, 0.1) is 6.92 Å². The van der Waals surface area contributed by atoms with Gasteiger partial charge in [-0.1, -0.05) is 17.7 Å². The summed E-state index contributed by atoms with van der Waals surface area (Å²) in [4.78, 5) is 11.1. The molecule has 0 aliphatic rings. The Labute approximate surface area is 111 Å². The summed E-state index contributed by atoms with van der Waals surface area (Å²) >= 11 is 5.81. The third-order valence-electron chi connectivity index (χ3n) is 2.27. The van der Waals surface area contributed by atoms with Crippen molar-refractivity contribution in [3.05, 3.63) is 28.3 Å². The lowest BCUT2D eigenvalue weighted by Gasteiger charge is -2.11. The molecule has 0 bridgehead atoms. The molecule has 0 heterocycles. The van der Waals surface area contributed by atoms with Gasteiger partial charge >= 0.3 is 5.97 Å². The summed E-state index contributed by atoms with van der Waals surface area (Å²) in [6.07, 6.45) is 0.327. The largest absolute Gasteiger partial charge is 0.506 e. The number of benzene rings is 1. The molecule has 3 N–H and O–H groups in total. The number of halogens is 2. The predicted molar refractivity (Wildman–Crippen MR) is 68.8 cm³/mol. The summed E-state index contributed by atoms with van der Waals surface area (Å²) in [6, 6.07) is 2.61. The van der Waals surface area contributed by atoms with Gasteiger partial charge in [-0.05, 0) is 30.5 Å². The molecular weight excluding hydrogens is 265 g/mol. The van der Waals surface area contributed by atoms with E-state index in [0.29, 0.717) is 12.0 Å². The zero-order valence-electron chi connectivity index (χ0n) is 9.57. The van der Waals surface area contributed by atoms with Crippen molar-refractivity contribution in [2.75, 3.05) is 7.11 Å². The van der Waals surface area contributed by atoms with Crippen molar-refractivity contribution < 1.29 is 14.6 Å². The van der Waals surface area contributed by atoms with Crippen LogP contribution in [0.15, 0.2) is 12.1 Å². The first-order chi connectivity index (χ1) is 7.45. The van der Waals surface area contributed by atoms with Crippen LogP contribution in [0.25, 0.3) is 0 Å². The fourth-order valence-electron chi connectivity index (χ4n) is 1.41. The van der Waals surface area contributed by atoms with Crippen LogP contribution in [0.3, 0.4) is 0 Å². The van der Waals surface area contributed by atoms with Crippen LogP contribution < -0.4 is 5.73 Å². The van der Waals surface area contributed by atoms with E-state index in [0.717, 1.165) is 5.56 Å². The number of nitrogens with two attached hydrogens (primary N) is 1.